The van der Waals surface area contributed by atoms with Crippen molar-refractivity contribution in [3.8, 4) is 10.7 Å². The van der Waals surface area contributed by atoms with Gasteiger partial charge >= 0.3 is 0 Å². The van der Waals surface area contributed by atoms with Crippen molar-refractivity contribution >= 4 is 52.8 Å². The lowest BCUT2D eigenvalue weighted by Crippen LogP contribution is -2.55. The summed E-state index contributed by atoms with van der Waals surface area (Å²) >= 11 is 13.1. The maximum absolute atomic E-state index is 13.3. The molecule has 1 saturated heterocycles. The normalized spacial score (nSPS) is 17.9. The summed E-state index contributed by atoms with van der Waals surface area (Å²) in [5.74, 6) is 0.190. The number of H-pyrrole nitrogens is 1. The number of rotatable bonds is 3. The van der Waals surface area contributed by atoms with Gasteiger partial charge in [0.15, 0.2) is 16.8 Å². The molecule has 2 aromatic heterocycles. The van der Waals surface area contributed by atoms with Crippen LogP contribution in [0.15, 0.2) is 10.3 Å². The Bertz CT molecular complexity index is 771. The topological polar surface area (TPSA) is 73.9 Å². The van der Waals surface area contributed by atoms with Gasteiger partial charge < -0.3 is 15.2 Å². The molecule has 2 aromatic rings. The van der Waals surface area contributed by atoms with Crippen molar-refractivity contribution < 1.29 is 8.78 Å². The Labute approximate surface area is 155 Å². The number of anilines is 1. The van der Waals surface area contributed by atoms with Gasteiger partial charge in [-0.05, 0) is 0 Å². The molecule has 1 atom stereocenters. The van der Waals surface area contributed by atoms with Gasteiger partial charge in [0.25, 0.3) is 12.0 Å². The van der Waals surface area contributed by atoms with Crippen LogP contribution in [0.3, 0.4) is 0 Å². The average molecular weight is 419 g/mol. The summed E-state index contributed by atoms with van der Waals surface area (Å²) in [6.07, 6.45) is -2.60. The van der Waals surface area contributed by atoms with Crippen LogP contribution in [0.1, 0.15) is 0 Å². The number of aromatic nitrogens is 3. The number of nitrogens with one attached hydrogen (secondary N) is 2. The first-order valence-electron chi connectivity index (χ1n) is 6.63. The summed E-state index contributed by atoms with van der Waals surface area (Å²) in [6.45, 7) is 0.838. The van der Waals surface area contributed by atoms with Crippen molar-refractivity contribution in [2.75, 3.05) is 24.5 Å². The smallest absolute Gasteiger partial charge is 0.272 e. The molecule has 1 fully saturated rings. The van der Waals surface area contributed by atoms with E-state index in [-0.39, 0.29) is 47.3 Å². The number of alkyl halides is 2. The van der Waals surface area contributed by atoms with Crippen LogP contribution in [0.5, 0.6) is 0 Å². The quantitative estimate of drug-likeness (QED) is 0.802. The van der Waals surface area contributed by atoms with Crippen LogP contribution in [0.4, 0.5) is 14.6 Å². The van der Waals surface area contributed by atoms with Gasteiger partial charge in [0.1, 0.15) is 15.9 Å². The van der Waals surface area contributed by atoms with Crippen molar-refractivity contribution in [3.05, 3.63) is 26.0 Å². The van der Waals surface area contributed by atoms with E-state index in [4.69, 9.17) is 23.2 Å². The molecule has 0 radical (unpaired) electrons. The number of halogens is 5. The van der Waals surface area contributed by atoms with E-state index >= 15 is 0 Å². The molecule has 12 heteroatoms. The van der Waals surface area contributed by atoms with Gasteiger partial charge in [-0.25, -0.2) is 18.7 Å². The number of nitrogens with zero attached hydrogens (tertiary/aromatic N) is 3. The highest BCUT2D eigenvalue weighted by molar-refractivity contribution is 7.13. The fraction of sp³-hybridized carbons (Fsp3) is 0.417. The minimum atomic E-state index is -2.60. The van der Waals surface area contributed by atoms with E-state index in [0.29, 0.717) is 11.4 Å². The lowest BCUT2D eigenvalue weighted by Gasteiger charge is -2.36. The van der Waals surface area contributed by atoms with Crippen LogP contribution in [-0.4, -0.2) is 47.1 Å². The van der Waals surface area contributed by atoms with E-state index < -0.39 is 18.0 Å². The molecule has 2 N–H and O–H groups in total. The zero-order valence-corrected chi connectivity index (χ0v) is 15.1. The lowest BCUT2D eigenvalue weighted by molar-refractivity contribution is 0.105. The summed E-state index contributed by atoms with van der Waals surface area (Å²) in [7, 11) is 0. The number of hydrogen-bond acceptors (Lipinski definition) is 6. The molecule has 24 heavy (non-hydrogen) atoms. The molecule has 0 amide bonds. The predicted molar refractivity (Wildman–Crippen MR) is 93.2 cm³/mol. The second kappa shape index (κ2) is 7.92. The number of thiazole rings is 1. The molecule has 0 aliphatic carbocycles. The number of aromatic amines is 1. The standard InChI is InChI=1S/C12H11Cl2F2N5OS.ClH/c13-6-11(21-2-1-17-3-5(21)9(15)16)19-10(20-12(6)22)7-8(14)18-4-23-7;/h4-5,9,17H,1-3H2,(H,19,20,22);1H. The molecule has 132 valence electrons. The highest BCUT2D eigenvalue weighted by atomic mass is 35.5. The van der Waals surface area contributed by atoms with E-state index in [0.717, 1.165) is 0 Å². The summed E-state index contributed by atoms with van der Waals surface area (Å²) in [5, 5.41) is 2.85. The van der Waals surface area contributed by atoms with Crippen LogP contribution < -0.4 is 15.8 Å². The largest absolute Gasteiger partial charge is 0.344 e. The first-order chi connectivity index (χ1) is 11.0. The molecule has 3 heterocycles. The zero-order valence-electron chi connectivity index (χ0n) is 11.9. The van der Waals surface area contributed by atoms with E-state index in [1.165, 1.54) is 21.7 Å². The Kier molecular flexibility index (Phi) is 6.38. The highest BCUT2D eigenvalue weighted by Crippen LogP contribution is 2.31. The first-order valence-corrected chi connectivity index (χ1v) is 8.27. The summed E-state index contributed by atoms with van der Waals surface area (Å²) < 4.78 is 26.5. The van der Waals surface area contributed by atoms with E-state index in [1.807, 2.05) is 0 Å². The molecule has 6 nitrogen and oxygen atoms in total. The first kappa shape index (κ1) is 19.3. The average Bonchev–Trinajstić information content (AvgIpc) is 2.96. The third kappa shape index (κ3) is 3.65. The number of piperazine rings is 1. The minimum Gasteiger partial charge on any atom is -0.344 e. The van der Waals surface area contributed by atoms with Crippen molar-refractivity contribution in [2.24, 2.45) is 0 Å². The van der Waals surface area contributed by atoms with Gasteiger partial charge in [0.05, 0.1) is 5.51 Å². The van der Waals surface area contributed by atoms with Gasteiger partial charge in [0.2, 0.25) is 0 Å². The van der Waals surface area contributed by atoms with E-state index in [1.54, 1.807) is 0 Å². The Morgan fingerprint density at radius 3 is 2.79 bits per heavy atom. The summed E-state index contributed by atoms with van der Waals surface area (Å²) in [6, 6.07) is -1.11. The third-order valence-electron chi connectivity index (χ3n) is 3.43. The van der Waals surface area contributed by atoms with E-state index in [9.17, 15) is 13.6 Å². The van der Waals surface area contributed by atoms with Gasteiger partial charge in [-0.15, -0.1) is 23.7 Å². The van der Waals surface area contributed by atoms with Crippen LogP contribution in [-0.2, 0) is 0 Å². The number of hydrogen-bond donors (Lipinski definition) is 2. The van der Waals surface area contributed by atoms with Crippen LogP contribution in [0.2, 0.25) is 10.2 Å². The van der Waals surface area contributed by atoms with Gasteiger partial charge in [0, 0.05) is 19.6 Å². The predicted octanol–water partition coefficient (Wildman–Crippen LogP) is 2.67. The molecule has 0 bridgehead atoms. The van der Waals surface area contributed by atoms with E-state index in [2.05, 4.69) is 20.3 Å². The Hall–Kier alpha value is -1.00. The Morgan fingerprint density at radius 2 is 2.17 bits per heavy atom. The summed E-state index contributed by atoms with van der Waals surface area (Å²) in [4.78, 5) is 24.5. The second-order valence-electron chi connectivity index (χ2n) is 4.82. The molecule has 0 saturated carbocycles. The van der Waals surface area contributed by atoms with Gasteiger partial charge in [-0.3, -0.25) is 4.79 Å². The molecule has 1 aliphatic heterocycles. The van der Waals surface area contributed by atoms with Crippen molar-refractivity contribution in [1.29, 1.82) is 0 Å². The maximum Gasteiger partial charge on any atom is 0.272 e. The Morgan fingerprint density at radius 1 is 1.42 bits per heavy atom. The van der Waals surface area contributed by atoms with Crippen LogP contribution in [0.25, 0.3) is 10.7 Å². The Balaban J connectivity index is 0.00000208. The molecular weight excluding hydrogens is 407 g/mol. The van der Waals surface area contributed by atoms with Gasteiger partial charge in [-0.2, -0.15) is 0 Å². The molecular formula is C12H12Cl3F2N5OS. The fourth-order valence-electron chi connectivity index (χ4n) is 2.34. The van der Waals surface area contributed by atoms with Crippen molar-refractivity contribution in [3.63, 3.8) is 0 Å². The molecule has 0 aromatic carbocycles. The lowest BCUT2D eigenvalue weighted by atomic mass is 10.2. The van der Waals surface area contributed by atoms with Crippen LogP contribution in [0, 0.1) is 0 Å². The molecule has 0 spiro atoms. The van der Waals surface area contributed by atoms with Crippen molar-refractivity contribution in [1.82, 2.24) is 20.3 Å². The van der Waals surface area contributed by atoms with Crippen LogP contribution >= 0.6 is 46.9 Å². The molecule has 1 aliphatic rings. The molecule has 3 rings (SSSR count). The highest BCUT2D eigenvalue weighted by Gasteiger charge is 2.33. The monoisotopic (exact) mass is 417 g/mol. The maximum atomic E-state index is 13.3. The van der Waals surface area contributed by atoms with Crippen molar-refractivity contribution in [2.45, 2.75) is 12.5 Å². The SMILES string of the molecule is Cl.O=c1[nH]c(-c2scnc2Cl)nc(N2CCNCC2C(F)F)c1Cl. The van der Waals surface area contributed by atoms with Gasteiger partial charge in [-0.1, -0.05) is 23.2 Å². The minimum absolute atomic E-state index is 0. The fourth-order valence-corrected chi connectivity index (χ4v) is 3.49. The molecule has 1 unspecified atom stereocenters. The summed E-state index contributed by atoms with van der Waals surface area (Å²) in [5.41, 5.74) is 0.890. The third-order valence-corrected chi connectivity index (χ3v) is 5.00. The second-order valence-corrected chi connectivity index (χ2v) is 6.41. The zero-order chi connectivity index (χ0) is 16.6.